The minimum atomic E-state index is -0.350. The number of anilines is 1. The molecule has 0 aromatic carbocycles. The maximum Gasteiger partial charge on any atom is 0.162 e. The third-order valence-electron chi connectivity index (χ3n) is 5.08. The Morgan fingerprint density at radius 3 is 2.29 bits per heavy atom. The monoisotopic (exact) mass is 401 g/mol. The number of nitrogens with zero attached hydrogens (tertiary/aromatic N) is 2. The maximum atomic E-state index is 6.15. The lowest BCUT2D eigenvalue weighted by Crippen LogP contribution is -2.38. The van der Waals surface area contributed by atoms with Gasteiger partial charge in [-0.25, -0.2) is 9.97 Å². The number of hydrogen-bond acceptors (Lipinski definition) is 4. The second kappa shape index (κ2) is 5.33. The van der Waals surface area contributed by atoms with E-state index in [0.717, 1.165) is 40.8 Å². The first-order valence-corrected chi connectivity index (χ1v) is 8.83. The zero-order valence-corrected chi connectivity index (χ0v) is 15.2. The van der Waals surface area contributed by atoms with Crippen LogP contribution in [0.1, 0.15) is 69.8 Å². The van der Waals surface area contributed by atoms with Crippen LogP contribution in [-0.4, -0.2) is 17.1 Å². The fourth-order valence-electron chi connectivity index (χ4n) is 3.16. The van der Waals surface area contributed by atoms with E-state index in [-0.39, 0.29) is 5.60 Å². The van der Waals surface area contributed by atoms with Crippen LogP contribution in [0.5, 0.6) is 0 Å². The SMILES string of the molecule is COC1(c2nc(N)c(I)c(C3CC3)n2)CCC(C)(C)CC1. The number of aromatic nitrogens is 2. The van der Waals surface area contributed by atoms with Gasteiger partial charge < -0.3 is 10.5 Å². The van der Waals surface area contributed by atoms with E-state index in [2.05, 4.69) is 41.4 Å². The molecule has 0 unspecified atom stereocenters. The predicted molar refractivity (Wildman–Crippen MR) is 92.1 cm³/mol. The molecule has 21 heavy (non-hydrogen) atoms. The number of ether oxygens (including phenoxy) is 1. The predicted octanol–water partition coefficient (Wildman–Crippen LogP) is 3.98. The van der Waals surface area contributed by atoms with E-state index in [4.69, 9.17) is 15.5 Å². The highest BCUT2D eigenvalue weighted by molar-refractivity contribution is 14.1. The minimum absolute atomic E-state index is 0.350. The smallest absolute Gasteiger partial charge is 0.162 e. The van der Waals surface area contributed by atoms with E-state index >= 15 is 0 Å². The van der Waals surface area contributed by atoms with Crippen molar-refractivity contribution in [1.29, 1.82) is 0 Å². The summed E-state index contributed by atoms with van der Waals surface area (Å²) in [4.78, 5) is 9.48. The highest BCUT2D eigenvalue weighted by Gasteiger charge is 2.43. The Hall–Kier alpha value is -0.430. The lowest BCUT2D eigenvalue weighted by atomic mass is 9.70. The molecule has 1 aromatic rings. The summed E-state index contributed by atoms with van der Waals surface area (Å²) in [6, 6.07) is 0. The van der Waals surface area contributed by atoms with E-state index in [1.807, 2.05) is 0 Å². The molecule has 2 fully saturated rings. The van der Waals surface area contributed by atoms with Gasteiger partial charge in [0.05, 0.1) is 9.26 Å². The van der Waals surface area contributed by atoms with E-state index in [1.54, 1.807) is 7.11 Å². The average molecular weight is 401 g/mol. The van der Waals surface area contributed by atoms with Gasteiger partial charge in [0.2, 0.25) is 0 Å². The molecule has 0 bridgehead atoms. The Bertz CT molecular complexity index is 545. The fraction of sp³-hybridized carbons (Fsp3) is 0.750. The first-order valence-electron chi connectivity index (χ1n) is 7.75. The lowest BCUT2D eigenvalue weighted by molar-refractivity contribution is -0.0729. The first-order chi connectivity index (χ1) is 9.87. The van der Waals surface area contributed by atoms with Crippen LogP contribution >= 0.6 is 22.6 Å². The number of hydrogen-bond donors (Lipinski definition) is 1. The van der Waals surface area contributed by atoms with Crippen LogP contribution in [0.3, 0.4) is 0 Å². The van der Waals surface area contributed by atoms with Gasteiger partial charge in [-0.2, -0.15) is 0 Å². The van der Waals surface area contributed by atoms with Crippen molar-refractivity contribution in [2.75, 3.05) is 12.8 Å². The third-order valence-corrected chi connectivity index (χ3v) is 6.18. The molecule has 0 radical (unpaired) electrons. The summed E-state index contributed by atoms with van der Waals surface area (Å²) in [6.07, 6.45) is 6.66. The van der Waals surface area contributed by atoms with Gasteiger partial charge in [-0.3, -0.25) is 0 Å². The number of halogens is 1. The molecular weight excluding hydrogens is 377 g/mol. The molecule has 4 nitrogen and oxygen atoms in total. The Morgan fingerprint density at radius 1 is 1.14 bits per heavy atom. The van der Waals surface area contributed by atoms with Gasteiger partial charge in [0.1, 0.15) is 11.4 Å². The summed E-state index contributed by atoms with van der Waals surface area (Å²) in [5.74, 6) is 2.00. The number of nitrogens with two attached hydrogens (primary N) is 1. The molecule has 2 aliphatic carbocycles. The van der Waals surface area contributed by atoms with E-state index in [9.17, 15) is 0 Å². The van der Waals surface area contributed by atoms with Gasteiger partial charge in [0, 0.05) is 13.0 Å². The summed E-state index contributed by atoms with van der Waals surface area (Å²) in [6.45, 7) is 4.65. The standard InChI is InChI=1S/C16H24IN3O/c1-15(2)6-8-16(21-3,9-7-15)14-19-12(10-4-5-10)11(17)13(18)20-14/h10H,4-9H2,1-3H3,(H2,18,19,20). The molecule has 0 saturated heterocycles. The normalized spacial score (nSPS) is 24.0. The van der Waals surface area contributed by atoms with Crippen LogP contribution in [0.2, 0.25) is 0 Å². The molecule has 2 N–H and O–H groups in total. The molecule has 2 aliphatic rings. The van der Waals surface area contributed by atoms with Crippen molar-refractivity contribution in [3.63, 3.8) is 0 Å². The molecule has 1 aromatic heterocycles. The molecule has 116 valence electrons. The average Bonchev–Trinajstić information content (AvgIpc) is 3.27. The molecule has 1 heterocycles. The second-order valence-corrected chi connectivity index (χ2v) is 8.35. The molecular formula is C16H24IN3O. The van der Waals surface area contributed by atoms with Crippen molar-refractivity contribution in [1.82, 2.24) is 9.97 Å². The van der Waals surface area contributed by atoms with E-state index in [1.165, 1.54) is 12.8 Å². The van der Waals surface area contributed by atoms with Gasteiger partial charge in [0.25, 0.3) is 0 Å². The van der Waals surface area contributed by atoms with E-state index in [0.29, 0.717) is 17.2 Å². The Balaban J connectivity index is 1.98. The molecule has 5 heteroatoms. The molecule has 3 rings (SSSR count). The van der Waals surface area contributed by atoms with Gasteiger partial charge in [0.15, 0.2) is 5.82 Å². The third kappa shape index (κ3) is 2.91. The molecule has 0 amide bonds. The highest BCUT2D eigenvalue weighted by atomic mass is 127. The molecule has 2 saturated carbocycles. The Morgan fingerprint density at radius 2 is 1.76 bits per heavy atom. The Labute approximate surface area is 140 Å². The number of methoxy groups -OCH3 is 1. The van der Waals surface area contributed by atoms with Crippen molar-refractivity contribution >= 4 is 28.4 Å². The largest absolute Gasteiger partial charge is 0.383 e. The van der Waals surface area contributed by atoms with Crippen molar-refractivity contribution in [2.45, 2.75) is 63.9 Å². The van der Waals surface area contributed by atoms with Gasteiger partial charge in [-0.1, -0.05) is 13.8 Å². The van der Waals surface area contributed by atoms with Crippen LogP contribution in [0.4, 0.5) is 5.82 Å². The van der Waals surface area contributed by atoms with Crippen molar-refractivity contribution in [3.05, 3.63) is 15.1 Å². The quantitative estimate of drug-likeness (QED) is 0.779. The van der Waals surface area contributed by atoms with Gasteiger partial charge in [-0.05, 0) is 66.5 Å². The van der Waals surface area contributed by atoms with Gasteiger partial charge >= 0.3 is 0 Å². The van der Waals surface area contributed by atoms with Crippen molar-refractivity contribution in [2.24, 2.45) is 5.41 Å². The molecule has 0 spiro atoms. The summed E-state index contributed by atoms with van der Waals surface area (Å²) < 4.78 is 6.95. The lowest BCUT2D eigenvalue weighted by Gasteiger charge is -2.41. The van der Waals surface area contributed by atoms with E-state index < -0.39 is 0 Å². The zero-order chi connectivity index (χ0) is 15.3. The Kier molecular flexibility index (Phi) is 3.93. The van der Waals surface area contributed by atoms with Crippen LogP contribution in [0.25, 0.3) is 0 Å². The summed E-state index contributed by atoms with van der Waals surface area (Å²) in [7, 11) is 1.78. The maximum absolute atomic E-state index is 6.15. The highest BCUT2D eigenvalue weighted by Crippen LogP contribution is 2.48. The fourth-order valence-corrected chi connectivity index (χ4v) is 3.84. The summed E-state index contributed by atoms with van der Waals surface area (Å²) in [5.41, 5.74) is 7.32. The van der Waals surface area contributed by atoms with Gasteiger partial charge in [-0.15, -0.1) is 0 Å². The number of nitrogen functional groups attached to an aromatic ring is 1. The van der Waals surface area contributed by atoms with Crippen molar-refractivity contribution in [3.8, 4) is 0 Å². The summed E-state index contributed by atoms with van der Waals surface area (Å²) >= 11 is 2.28. The molecule has 0 aliphatic heterocycles. The van der Waals surface area contributed by atoms with Crippen LogP contribution < -0.4 is 5.73 Å². The van der Waals surface area contributed by atoms with Crippen LogP contribution in [0.15, 0.2) is 0 Å². The summed E-state index contributed by atoms with van der Waals surface area (Å²) in [5, 5.41) is 0. The zero-order valence-electron chi connectivity index (χ0n) is 13.1. The molecule has 0 atom stereocenters. The van der Waals surface area contributed by atoms with Crippen LogP contribution in [-0.2, 0) is 10.3 Å². The van der Waals surface area contributed by atoms with Crippen molar-refractivity contribution < 1.29 is 4.74 Å². The number of rotatable bonds is 3. The first kappa shape index (κ1) is 15.5. The minimum Gasteiger partial charge on any atom is -0.383 e. The second-order valence-electron chi connectivity index (χ2n) is 7.27. The topological polar surface area (TPSA) is 61.0 Å². The van der Waals surface area contributed by atoms with Crippen LogP contribution in [0, 0.1) is 8.99 Å².